The Morgan fingerprint density at radius 1 is 1.24 bits per heavy atom. The van der Waals surface area contributed by atoms with Gasteiger partial charge in [-0.2, -0.15) is 0 Å². The van der Waals surface area contributed by atoms with Gasteiger partial charge >= 0.3 is 6.36 Å². The third-order valence-corrected chi connectivity index (χ3v) is 5.08. The van der Waals surface area contributed by atoms with Crippen molar-refractivity contribution in [1.82, 2.24) is 14.8 Å². The second kappa shape index (κ2) is 8.19. The van der Waals surface area contributed by atoms with Crippen LogP contribution >= 0.6 is 11.8 Å². The predicted molar refractivity (Wildman–Crippen MR) is 101 cm³/mol. The molecule has 0 saturated carbocycles. The van der Waals surface area contributed by atoms with Crippen molar-refractivity contribution in [2.45, 2.75) is 30.6 Å². The lowest BCUT2D eigenvalue weighted by atomic mass is 10.2. The summed E-state index contributed by atoms with van der Waals surface area (Å²) in [7, 11) is 1.79. The van der Waals surface area contributed by atoms with E-state index in [-0.39, 0.29) is 11.7 Å². The second-order valence-electron chi connectivity index (χ2n) is 6.08. The number of carbonyl (C=O) groups is 1. The first-order valence-corrected chi connectivity index (χ1v) is 9.29. The molecule has 1 unspecified atom stereocenters. The molecule has 0 bridgehead atoms. The number of thioether (sulfide) groups is 1. The molecule has 1 N–H and O–H groups in total. The molecule has 11 heteroatoms. The van der Waals surface area contributed by atoms with Crippen molar-refractivity contribution in [3.63, 3.8) is 0 Å². The van der Waals surface area contributed by atoms with Gasteiger partial charge in [-0.05, 0) is 44.2 Å². The molecule has 0 spiro atoms. The van der Waals surface area contributed by atoms with Gasteiger partial charge in [0.1, 0.15) is 11.5 Å². The van der Waals surface area contributed by atoms with E-state index in [2.05, 4.69) is 20.3 Å². The van der Waals surface area contributed by atoms with Crippen LogP contribution in [0.2, 0.25) is 0 Å². The average Bonchev–Trinajstić information content (AvgIpc) is 3.21. The second-order valence-corrected chi connectivity index (χ2v) is 7.39. The predicted octanol–water partition coefficient (Wildman–Crippen LogP) is 4.40. The molecule has 3 rings (SSSR count). The Kier molecular flexibility index (Phi) is 5.87. The molecule has 29 heavy (non-hydrogen) atoms. The molecule has 154 valence electrons. The van der Waals surface area contributed by atoms with E-state index in [0.29, 0.717) is 22.4 Å². The van der Waals surface area contributed by atoms with E-state index in [1.54, 1.807) is 30.9 Å². The topological polar surface area (TPSA) is 82.2 Å². The van der Waals surface area contributed by atoms with Gasteiger partial charge in [0.05, 0.1) is 17.1 Å². The van der Waals surface area contributed by atoms with Crippen LogP contribution in [0, 0.1) is 6.92 Å². The Bertz CT molecular complexity index is 999. The van der Waals surface area contributed by atoms with Gasteiger partial charge in [0.25, 0.3) is 0 Å². The highest BCUT2D eigenvalue weighted by Crippen LogP contribution is 2.29. The van der Waals surface area contributed by atoms with Crippen molar-refractivity contribution < 1.29 is 27.1 Å². The fourth-order valence-electron chi connectivity index (χ4n) is 2.46. The minimum atomic E-state index is -4.76. The number of carbonyl (C=O) groups excluding carboxylic acids is 1. The SMILES string of the molecule is Cc1occc1-c1nnc(SC(C)C(=O)Nc2ccc(OC(F)(F)F)cc2)n1C. The van der Waals surface area contributed by atoms with Crippen LogP contribution in [0.15, 0.2) is 46.2 Å². The summed E-state index contributed by atoms with van der Waals surface area (Å²) in [6.07, 6.45) is -3.20. The lowest BCUT2D eigenvalue weighted by Gasteiger charge is -2.13. The van der Waals surface area contributed by atoms with Crippen LogP contribution in [0.3, 0.4) is 0 Å². The molecule has 0 fully saturated rings. The summed E-state index contributed by atoms with van der Waals surface area (Å²) < 4.78 is 47.4. The molecule has 3 aromatic rings. The van der Waals surface area contributed by atoms with Gasteiger partial charge in [-0.15, -0.1) is 23.4 Å². The minimum Gasteiger partial charge on any atom is -0.469 e. The fraction of sp³-hybridized carbons (Fsp3) is 0.278. The summed E-state index contributed by atoms with van der Waals surface area (Å²) in [4.78, 5) is 12.4. The number of furan rings is 1. The Morgan fingerprint density at radius 3 is 2.52 bits per heavy atom. The lowest BCUT2D eigenvalue weighted by Crippen LogP contribution is -2.23. The molecule has 0 saturated heterocycles. The monoisotopic (exact) mass is 426 g/mol. The number of hydrogen-bond acceptors (Lipinski definition) is 6. The molecular formula is C18H17F3N4O3S. The number of nitrogens with one attached hydrogen (secondary N) is 1. The van der Waals surface area contributed by atoms with Crippen LogP contribution in [0.5, 0.6) is 5.75 Å². The van der Waals surface area contributed by atoms with Crippen molar-refractivity contribution in [1.29, 1.82) is 0 Å². The highest BCUT2D eigenvalue weighted by molar-refractivity contribution is 8.00. The van der Waals surface area contributed by atoms with E-state index in [1.165, 1.54) is 23.9 Å². The maximum atomic E-state index is 12.4. The Labute approximate surface area is 168 Å². The van der Waals surface area contributed by atoms with E-state index in [4.69, 9.17) is 4.42 Å². The first-order chi connectivity index (χ1) is 13.6. The van der Waals surface area contributed by atoms with Crippen LogP contribution in [0.25, 0.3) is 11.4 Å². The maximum Gasteiger partial charge on any atom is 0.573 e. The van der Waals surface area contributed by atoms with Gasteiger partial charge in [0.2, 0.25) is 5.91 Å². The summed E-state index contributed by atoms with van der Waals surface area (Å²) in [6.45, 7) is 3.51. The molecule has 7 nitrogen and oxygen atoms in total. The summed E-state index contributed by atoms with van der Waals surface area (Å²) in [5.74, 6) is 0.634. The van der Waals surface area contributed by atoms with Crippen molar-refractivity contribution in [2.75, 3.05) is 5.32 Å². The van der Waals surface area contributed by atoms with Gasteiger partial charge in [-0.1, -0.05) is 11.8 Å². The summed E-state index contributed by atoms with van der Waals surface area (Å²) in [6, 6.07) is 6.71. The lowest BCUT2D eigenvalue weighted by molar-refractivity contribution is -0.274. The van der Waals surface area contributed by atoms with E-state index >= 15 is 0 Å². The highest BCUT2D eigenvalue weighted by atomic mass is 32.2. The van der Waals surface area contributed by atoms with Crippen LogP contribution in [0.4, 0.5) is 18.9 Å². The Hall–Kier alpha value is -2.95. The van der Waals surface area contributed by atoms with Crippen molar-refractivity contribution in [3.05, 3.63) is 42.4 Å². The van der Waals surface area contributed by atoms with Gasteiger partial charge in [-0.25, -0.2) is 0 Å². The summed E-state index contributed by atoms with van der Waals surface area (Å²) >= 11 is 1.21. The first kappa shape index (κ1) is 20.8. The van der Waals surface area contributed by atoms with E-state index < -0.39 is 11.6 Å². The quantitative estimate of drug-likeness (QED) is 0.589. The van der Waals surface area contributed by atoms with E-state index in [1.807, 2.05) is 6.92 Å². The zero-order valence-electron chi connectivity index (χ0n) is 15.6. The van der Waals surface area contributed by atoms with Gasteiger partial charge in [0, 0.05) is 12.7 Å². The van der Waals surface area contributed by atoms with Crippen molar-refractivity contribution in [2.24, 2.45) is 7.05 Å². The van der Waals surface area contributed by atoms with Gasteiger partial charge in [-0.3, -0.25) is 4.79 Å². The number of rotatable bonds is 6. The molecule has 2 heterocycles. The van der Waals surface area contributed by atoms with Crippen molar-refractivity contribution in [3.8, 4) is 17.1 Å². The largest absolute Gasteiger partial charge is 0.573 e. The zero-order chi connectivity index (χ0) is 21.2. The fourth-order valence-corrected chi connectivity index (χ4v) is 3.28. The third-order valence-electron chi connectivity index (χ3n) is 3.94. The number of anilines is 1. The van der Waals surface area contributed by atoms with Crippen LogP contribution in [0.1, 0.15) is 12.7 Å². The smallest absolute Gasteiger partial charge is 0.469 e. The van der Waals surface area contributed by atoms with Crippen LogP contribution in [-0.4, -0.2) is 32.3 Å². The highest BCUT2D eigenvalue weighted by Gasteiger charge is 2.31. The summed E-state index contributed by atoms with van der Waals surface area (Å²) in [5, 5.41) is 10.9. The summed E-state index contributed by atoms with van der Waals surface area (Å²) in [5.41, 5.74) is 1.16. The molecule has 0 aliphatic heterocycles. The number of aryl methyl sites for hydroxylation is 1. The van der Waals surface area contributed by atoms with Crippen LogP contribution < -0.4 is 10.1 Å². The zero-order valence-corrected chi connectivity index (χ0v) is 16.5. The first-order valence-electron chi connectivity index (χ1n) is 8.41. The molecule has 0 radical (unpaired) electrons. The number of ether oxygens (including phenoxy) is 1. The standard InChI is InChI=1S/C18H17F3N4O3S/c1-10-14(8-9-27-10)15-23-24-17(25(15)3)29-11(2)16(26)22-12-4-6-13(7-5-12)28-18(19,20)21/h4-9,11H,1-3H3,(H,22,26). The number of aromatic nitrogens is 3. The normalized spacial score (nSPS) is 12.6. The number of halogens is 3. The maximum absolute atomic E-state index is 12.4. The number of alkyl halides is 3. The molecule has 1 aromatic carbocycles. The molecule has 0 aliphatic rings. The molecule has 1 atom stereocenters. The molecular weight excluding hydrogens is 409 g/mol. The number of amides is 1. The molecule has 2 aromatic heterocycles. The number of nitrogens with zero attached hydrogens (tertiary/aromatic N) is 3. The van der Waals surface area contributed by atoms with E-state index in [0.717, 1.165) is 17.7 Å². The third kappa shape index (κ3) is 5.11. The van der Waals surface area contributed by atoms with Crippen LogP contribution in [-0.2, 0) is 11.8 Å². The van der Waals surface area contributed by atoms with Gasteiger partial charge in [0.15, 0.2) is 11.0 Å². The minimum absolute atomic E-state index is 0.330. The Balaban J connectivity index is 1.63. The van der Waals surface area contributed by atoms with E-state index in [9.17, 15) is 18.0 Å². The van der Waals surface area contributed by atoms with Gasteiger partial charge < -0.3 is 19.0 Å². The molecule has 0 aliphatic carbocycles. The average molecular weight is 426 g/mol. The molecule has 1 amide bonds. The number of benzene rings is 1. The van der Waals surface area contributed by atoms with Crippen molar-refractivity contribution >= 4 is 23.4 Å². The Morgan fingerprint density at radius 2 is 1.93 bits per heavy atom. The number of hydrogen-bond donors (Lipinski definition) is 1.